The van der Waals surface area contributed by atoms with Crippen LogP contribution in [0.5, 0.6) is 0 Å². The number of nitrogens with one attached hydrogen (secondary N) is 2. The summed E-state index contributed by atoms with van der Waals surface area (Å²) in [6.07, 6.45) is 1.04. The number of carbonyl (C=O) groups excluding carboxylic acids is 1. The number of nitrogens with zero attached hydrogens (tertiary/aromatic N) is 3. The molecule has 1 amide bonds. The van der Waals surface area contributed by atoms with Gasteiger partial charge in [0.05, 0.1) is 17.8 Å². The van der Waals surface area contributed by atoms with Gasteiger partial charge in [-0.05, 0) is 45.2 Å². The monoisotopic (exact) mass is 455 g/mol. The quantitative estimate of drug-likeness (QED) is 0.716. The van der Waals surface area contributed by atoms with Crippen molar-refractivity contribution in [3.05, 3.63) is 47.2 Å². The maximum Gasteiger partial charge on any atom is 0.239 e. The Labute approximate surface area is 192 Å². The molecule has 1 aliphatic heterocycles. The first-order chi connectivity index (χ1) is 13.3. The minimum Gasteiger partial charge on any atom is -0.314 e. The van der Waals surface area contributed by atoms with Gasteiger partial charge in [-0.3, -0.25) is 9.69 Å². The zero-order chi connectivity index (χ0) is 20.3. The van der Waals surface area contributed by atoms with Crippen LogP contribution in [-0.2, 0) is 16.8 Å². The van der Waals surface area contributed by atoms with Gasteiger partial charge in [-0.15, -0.1) is 24.8 Å². The average molecular weight is 456 g/mol. The summed E-state index contributed by atoms with van der Waals surface area (Å²) in [7, 11) is 0. The van der Waals surface area contributed by atoms with Crippen LogP contribution in [0.4, 0.5) is 5.82 Å². The van der Waals surface area contributed by atoms with Crippen LogP contribution in [0.2, 0.25) is 0 Å². The Kier molecular flexibility index (Phi) is 9.82. The molecule has 2 N–H and O–H groups in total. The molecule has 2 aromatic rings. The number of anilines is 1. The second kappa shape index (κ2) is 11.1. The molecule has 0 spiro atoms. The van der Waals surface area contributed by atoms with Crippen LogP contribution in [0.3, 0.4) is 0 Å². The van der Waals surface area contributed by atoms with Crippen molar-refractivity contribution in [2.45, 2.75) is 52.6 Å². The lowest BCUT2D eigenvalue weighted by Gasteiger charge is -2.36. The summed E-state index contributed by atoms with van der Waals surface area (Å²) in [6.45, 7) is 13.3. The van der Waals surface area contributed by atoms with Crippen molar-refractivity contribution >= 4 is 36.5 Å². The number of aromatic nitrogens is 2. The van der Waals surface area contributed by atoms with Crippen molar-refractivity contribution < 1.29 is 4.79 Å². The van der Waals surface area contributed by atoms with Gasteiger partial charge in [0.25, 0.3) is 0 Å². The largest absolute Gasteiger partial charge is 0.314 e. The van der Waals surface area contributed by atoms with E-state index >= 15 is 0 Å². The Morgan fingerprint density at radius 1 is 1.23 bits per heavy atom. The fourth-order valence-electron chi connectivity index (χ4n) is 3.71. The molecule has 6 nitrogen and oxygen atoms in total. The summed E-state index contributed by atoms with van der Waals surface area (Å²) in [5, 5.41) is 11.1. The van der Waals surface area contributed by atoms with Gasteiger partial charge in [0.2, 0.25) is 5.91 Å². The van der Waals surface area contributed by atoms with E-state index in [-0.39, 0.29) is 42.3 Å². The number of hydrogen-bond acceptors (Lipinski definition) is 4. The number of piperazine rings is 1. The van der Waals surface area contributed by atoms with E-state index in [1.165, 1.54) is 11.1 Å². The Balaban J connectivity index is 0.00000225. The minimum absolute atomic E-state index is 0. The van der Waals surface area contributed by atoms with Crippen molar-refractivity contribution in [2.75, 3.05) is 31.5 Å². The minimum atomic E-state index is -0.185. The fourth-order valence-corrected chi connectivity index (χ4v) is 3.71. The van der Waals surface area contributed by atoms with Gasteiger partial charge in [0.1, 0.15) is 5.82 Å². The Bertz CT molecular complexity index is 814. The number of carbonyl (C=O) groups is 1. The topological polar surface area (TPSA) is 62.2 Å². The van der Waals surface area contributed by atoms with E-state index in [4.69, 9.17) is 0 Å². The maximum atomic E-state index is 12.8. The molecule has 8 heteroatoms. The van der Waals surface area contributed by atoms with Crippen molar-refractivity contribution in [2.24, 2.45) is 0 Å². The van der Waals surface area contributed by atoms with Gasteiger partial charge >= 0.3 is 0 Å². The van der Waals surface area contributed by atoms with Gasteiger partial charge in [-0.25, -0.2) is 4.68 Å². The molecule has 0 radical (unpaired) electrons. The van der Waals surface area contributed by atoms with Crippen LogP contribution < -0.4 is 10.6 Å². The van der Waals surface area contributed by atoms with Crippen LogP contribution >= 0.6 is 24.8 Å². The predicted octanol–water partition coefficient (Wildman–Crippen LogP) is 3.94. The number of rotatable bonds is 5. The van der Waals surface area contributed by atoms with E-state index in [1.54, 1.807) is 0 Å². The third-order valence-electron chi connectivity index (χ3n) is 5.21. The number of aryl methyl sites for hydroxylation is 2. The highest BCUT2D eigenvalue weighted by atomic mass is 35.5. The fraction of sp³-hybridized carbons (Fsp3) is 0.545. The summed E-state index contributed by atoms with van der Waals surface area (Å²) in [4.78, 5) is 15.1. The summed E-state index contributed by atoms with van der Waals surface area (Å²) in [6, 6.07) is 10.9. The molecule has 1 aromatic carbocycles. The molecule has 1 aliphatic rings. The van der Waals surface area contributed by atoms with Gasteiger partial charge in [0.15, 0.2) is 0 Å². The first-order valence-electron chi connectivity index (χ1n) is 10.2. The summed E-state index contributed by atoms with van der Waals surface area (Å²) < 4.78 is 1.89. The Morgan fingerprint density at radius 3 is 2.50 bits per heavy atom. The Morgan fingerprint density at radius 2 is 1.90 bits per heavy atom. The first kappa shape index (κ1) is 26.4. The molecular weight excluding hydrogens is 421 g/mol. The third-order valence-corrected chi connectivity index (χ3v) is 5.21. The molecule has 1 fully saturated rings. The van der Waals surface area contributed by atoms with Crippen LogP contribution in [0.25, 0.3) is 0 Å². The van der Waals surface area contributed by atoms with Gasteiger partial charge < -0.3 is 10.6 Å². The zero-order valence-corrected chi connectivity index (χ0v) is 20.2. The highest BCUT2D eigenvalue weighted by Crippen LogP contribution is 2.24. The molecule has 1 aromatic heterocycles. The normalized spacial score (nSPS) is 17.0. The molecule has 0 saturated carbocycles. The van der Waals surface area contributed by atoms with E-state index in [0.717, 1.165) is 37.6 Å². The molecule has 1 saturated heterocycles. The van der Waals surface area contributed by atoms with E-state index < -0.39 is 0 Å². The van der Waals surface area contributed by atoms with E-state index in [9.17, 15) is 4.79 Å². The van der Waals surface area contributed by atoms with Crippen LogP contribution in [0, 0.1) is 6.92 Å². The molecule has 1 unspecified atom stereocenters. The van der Waals surface area contributed by atoms with E-state index in [1.807, 2.05) is 17.7 Å². The molecule has 0 aliphatic carbocycles. The lowest BCUT2D eigenvalue weighted by Crippen LogP contribution is -2.48. The summed E-state index contributed by atoms with van der Waals surface area (Å²) in [5.41, 5.74) is 3.31. The van der Waals surface area contributed by atoms with Gasteiger partial charge in [-0.1, -0.05) is 31.2 Å². The van der Waals surface area contributed by atoms with Crippen LogP contribution in [0.1, 0.15) is 50.6 Å². The SMILES string of the molecule is CCc1ccc(C2CNCCN2CC(=O)Nc2cc(C)nn2C(C)(C)C)cc1.Cl.Cl. The highest BCUT2D eigenvalue weighted by molar-refractivity contribution is 5.91. The lowest BCUT2D eigenvalue weighted by atomic mass is 10.0. The van der Waals surface area contributed by atoms with Crippen molar-refractivity contribution in [1.29, 1.82) is 0 Å². The average Bonchev–Trinajstić information content (AvgIpc) is 3.03. The first-order valence-corrected chi connectivity index (χ1v) is 10.2. The molecule has 3 rings (SSSR count). The van der Waals surface area contributed by atoms with E-state index in [2.05, 4.69) is 72.6 Å². The molecule has 2 heterocycles. The van der Waals surface area contributed by atoms with E-state index in [0.29, 0.717) is 6.54 Å². The second-order valence-electron chi connectivity index (χ2n) is 8.59. The molecule has 30 heavy (non-hydrogen) atoms. The maximum absolute atomic E-state index is 12.8. The second-order valence-corrected chi connectivity index (χ2v) is 8.59. The smallest absolute Gasteiger partial charge is 0.239 e. The number of benzene rings is 1. The molecular formula is C22H35Cl2N5O. The molecule has 0 bridgehead atoms. The molecule has 1 atom stereocenters. The van der Waals surface area contributed by atoms with Crippen LogP contribution in [0.15, 0.2) is 30.3 Å². The van der Waals surface area contributed by atoms with Crippen molar-refractivity contribution in [3.8, 4) is 0 Å². The highest BCUT2D eigenvalue weighted by Gasteiger charge is 2.26. The number of hydrogen-bond donors (Lipinski definition) is 2. The van der Waals surface area contributed by atoms with Gasteiger partial charge in [-0.2, -0.15) is 5.10 Å². The Hall–Kier alpha value is -1.60. The number of amides is 1. The third kappa shape index (κ3) is 6.45. The standard InChI is InChI=1S/C22H33N5O.2ClH/c1-6-17-7-9-18(10-8-17)19-14-23-11-12-26(19)15-21(28)24-20-13-16(2)25-27(20)22(3,4)5;;/h7-10,13,19,23H,6,11-12,14-15H2,1-5H3,(H,24,28);2*1H. The van der Waals surface area contributed by atoms with Crippen LogP contribution in [-0.4, -0.2) is 46.8 Å². The summed E-state index contributed by atoms with van der Waals surface area (Å²) in [5.74, 6) is 0.761. The predicted molar refractivity (Wildman–Crippen MR) is 128 cm³/mol. The molecule has 168 valence electrons. The zero-order valence-electron chi connectivity index (χ0n) is 18.6. The van der Waals surface area contributed by atoms with Crippen molar-refractivity contribution in [3.63, 3.8) is 0 Å². The van der Waals surface area contributed by atoms with Gasteiger partial charge in [0, 0.05) is 31.7 Å². The van der Waals surface area contributed by atoms with Crippen molar-refractivity contribution in [1.82, 2.24) is 20.0 Å². The number of halogens is 2. The summed E-state index contributed by atoms with van der Waals surface area (Å²) >= 11 is 0. The lowest BCUT2D eigenvalue weighted by molar-refractivity contribution is -0.118.